The van der Waals surface area contributed by atoms with Crippen LogP contribution in [0.2, 0.25) is 0 Å². The molecule has 0 saturated carbocycles. The van der Waals surface area contributed by atoms with E-state index in [0.717, 1.165) is 67.5 Å². The van der Waals surface area contributed by atoms with Gasteiger partial charge in [0.1, 0.15) is 5.60 Å². The molecule has 2 aromatic carbocycles. The van der Waals surface area contributed by atoms with E-state index < -0.39 is 5.60 Å². The van der Waals surface area contributed by atoms with Crippen LogP contribution in [0.15, 0.2) is 36.4 Å². The molecule has 4 rings (SSSR count). The van der Waals surface area contributed by atoms with Gasteiger partial charge in [0.25, 0.3) is 0 Å². The molecule has 2 fully saturated rings. The summed E-state index contributed by atoms with van der Waals surface area (Å²) in [4.78, 5) is 38.3. The first kappa shape index (κ1) is 28.2. The van der Waals surface area contributed by atoms with Gasteiger partial charge in [0.05, 0.1) is 6.04 Å². The van der Waals surface area contributed by atoms with Crippen LogP contribution in [-0.4, -0.2) is 62.5 Å². The van der Waals surface area contributed by atoms with Gasteiger partial charge in [0.15, 0.2) is 12.6 Å². The predicted octanol–water partition coefficient (Wildman–Crippen LogP) is 4.26. The minimum absolute atomic E-state index is 0.0369. The third-order valence-corrected chi connectivity index (χ3v) is 6.44. The van der Waals surface area contributed by atoms with Crippen molar-refractivity contribution in [1.82, 2.24) is 5.32 Å². The van der Waals surface area contributed by atoms with Crippen molar-refractivity contribution in [2.75, 3.05) is 36.0 Å². The standard InChI is InChI=1S/C17H24N2O3.C12H16N2O/c1-12-5-6-13(11-20)15(9-12)19-8-7-14(10-19)18-16(21)22-17(2,3)4;1-9-2-3-10(8-15)12(6-9)14-5-4-11(13)7-14/h5-6,9,11,14H,7-8,10H2,1-4H3,(H,18,21);2-3,6,8,11H,4-5,7,13H2,1H3/t14-;11-/m11/s1. The van der Waals surface area contributed by atoms with Gasteiger partial charge in [-0.05, 0) is 82.9 Å². The third-order valence-electron chi connectivity index (χ3n) is 6.44. The highest BCUT2D eigenvalue weighted by Crippen LogP contribution is 2.26. The highest BCUT2D eigenvalue weighted by atomic mass is 16.6. The molecule has 8 nitrogen and oxygen atoms in total. The summed E-state index contributed by atoms with van der Waals surface area (Å²) in [6, 6.07) is 12.0. The van der Waals surface area contributed by atoms with Gasteiger partial charge in [-0.25, -0.2) is 4.79 Å². The van der Waals surface area contributed by atoms with E-state index in [2.05, 4.69) is 21.2 Å². The molecule has 1 amide bonds. The first-order valence-electron chi connectivity index (χ1n) is 12.9. The maximum absolute atomic E-state index is 11.8. The number of ether oxygens (including phenoxy) is 1. The number of rotatable bonds is 5. The maximum Gasteiger partial charge on any atom is 0.407 e. The minimum Gasteiger partial charge on any atom is -0.444 e. The topological polar surface area (TPSA) is 105 Å². The van der Waals surface area contributed by atoms with Crippen molar-refractivity contribution in [1.29, 1.82) is 0 Å². The number of aryl methyl sites for hydroxylation is 2. The van der Waals surface area contributed by atoms with E-state index in [-0.39, 0.29) is 18.2 Å². The van der Waals surface area contributed by atoms with Crippen LogP contribution in [-0.2, 0) is 4.74 Å². The van der Waals surface area contributed by atoms with E-state index in [4.69, 9.17) is 10.5 Å². The molecule has 200 valence electrons. The molecule has 0 spiro atoms. The third kappa shape index (κ3) is 8.05. The molecule has 2 aromatic rings. The molecule has 2 heterocycles. The number of alkyl carbamates (subject to hydrolysis) is 1. The Balaban J connectivity index is 0.000000220. The summed E-state index contributed by atoms with van der Waals surface area (Å²) < 4.78 is 5.28. The fraction of sp³-hybridized carbons (Fsp3) is 0.483. The molecule has 2 saturated heterocycles. The molecule has 8 heteroatoms. The minimum atomic E-state index is -0.496. The predicted molar refractivity (Wildman–Crippen MR) is 148 cm³/mol. The highest BCUT2D eigenvalue weighted by Gasteiger charge is 2.27. The Morgan fingerprint density at radius 3 is 1.89 bits per heavy atom. The molecule has 2 aliphatic heterocycles. The van der Waals surface area contributed by atoms with Crippen LogP contribution >= 0.6 is 0 Å². The average Bonchev–Trinajstić information content (AvgIpc) is 3.47. The normalized spacial score (nSPS) is 19.2. The molecule has 0 aromatic heterocycles. The number of aldehydes is 2. The second-order valence-corrected chi connectivity index (χ2v) is 10.9. The van der Waals surface area contributed by atoms with E-state index in [1.165, 1.54) is 5.56 Å². The lowest BCUT2D eigenvalue weighted by Gasteiger charge is -2.23. The number of nitrogens with two attached hydrogens (primary N) is 1. The smallest absolute Gasteiger partial charge is 0.407 e. The summed E-state index contributed by atoms with van der Waals surface area (Å²) in [7, 11) is 0. The SMILES string of the molecule is Cc1ccc(C=O)c(N2CC[C@@H](N)C2)c1.Cc1ccc(C=O)c(N2CC[C@@H](NC(=O)OC(C)(C)C)C2)c1. The second-order valence-electron chi connectivity index (χ2n) is 10.9. The number of carbonyl (C=O) groups is 3. The average molecular weight is 509 g/mol. The molecule has 0 bridgehead atoms. The zero-order valence-corrected chi connectivity index (χ0v) is 22.6. The van der Waals surface area contributed by atoms with E-state index >= 15 is 0 Å². The van der Waals surface area contributed by atoms with Gasteiger partial charge in [-0.3, -0.25) is 9.59 Å². The van der Waals surface area contributed by atoms with Crippen molar-refractivity contribution in [2.45, 2.75) is 65.1 Å². The molecule has 0 radical (unpaired) electrons. The number of hydrogen-bond donors (Lipinski definition) is 2. The van der Waals surface area contributed by atoms with Gasteiger partial charge >= 0.3 is 6.09 Å². The lowest BCUT2D eigenvalue weighted by molar-refractivity contribution is 0.0508. The molecular formula is C29H40N4O4. The number of anilines is 2. The molecule has 2 atom stereocenters. The Bertz CT molecular complexity index is 1110. The highest BCUT2D eigenvalue weighted by molar-refractivity contribution is 5.85. The molecular weight excluding hydrogens is 468 g/mol. The number of amides is 1. The Kier molecular flexibility index (Phi) is 9.32. The van der Waals surface area contributed by atoms with Gasteiger partial charge in [0.2, 0.25) is 0 Å². The van der Waals surface area contributed by atoms with Crippen LogP contribution in [0.1, 0.15) is 65.5 Å². The Morgan fingerprint density at radius 1 is 0.919 bits per heavy atom. The van der Waals surface area contributed by atoms with Crippen molar-refractivity contribution >= 4 is 30.0 Å². The Labute approximate surface area is 220 Å². The second kappa shape index (κ2) is 12.2. The van der Waals surface area contributed by atoms with Gasteiger partial charge in [-0.15, -0.1) is 0 Å². The maximum atomic E-state index is 11.8. The van der Waals surface area contributed by atoms with Crippen molar-refractivity contribution in [3.05, 3.63) is 58.7 Å². The van der Waals surface area contributed by atoms with Crippen LogP contribution in [0.5, 0.6) is 0 Å². The van der Waals surface area contributed by atoms with E-state index in [1.54, 1.807) is 0 Å². The number of benzene rings is 2. The molecule has 3 N–H and O–H groups in total. The number of nitrogens with one attached hydrogen (secondary N) is 1. The van der Waals surface area contributed by atoms with Gasteiger partial charge in [-0.2, -0.15) is 0 Å². The van der Waals surface area contributed by atoms with Crippen LogP contribution in [0.3, 0.4) is 0 Å². The van der Waals surface area contributed by atoms with E-state index in [1.807, 2.05) is 65.0 Å². The van der Waals surface area contributed by atoms with Crippen molar-refractivity contribution in [3.63, 3.8) is 0 Å². The van der Waals surface area contributed by atoms with Gasteiger partial charge in [-0.1, -0.05) is 12.1 Å². The van der Waals surface area contributed by atoms with E-state index in [9.17, 15) is 14.4 Å². The Hall–Kier alpha value is -3.39. The van der Waals surface area contributed by atoms with Crippen LogP contribution in [0, 0.1) is 13.8 Å². The summed E-state index contributed by atoms with van der Waals surface area (Å²) in [6.07, 6.45) is 3.25. The largest absolute Gasteiger partial charge is 0.444 e. The Morgan fingerprint density at radius 2 is 1.43 bits per heavy atom. The van der Waals surface area contributed by atoms with Crippen LogP contribution < -0.4 is 20.9 Å². The quantitative estimate of drug-likeness (QED) is 0.582. The lowest BCUT2D eigenvalue weighted by Crippen LogP contribution is -2.40. The zero-order valence-electron chi connectivity index (χ0n) is 22.6. The fourth-order valence-electron chi connectivity index (χ4n) is 4.63. The number of carbonyl (C=O) groups excluding carboxylic acids is 3. The number of hydrogen-bond acceptors (Lipinski definition) is 7. The fourth-order valence-corrected chi connectivity index (χ4v) is 4.63. The molecule has 37 heavy (non-hydrogen) atoms. The summed E-state index contributed by atoms with van der Waals surface area (Å²) >= 11 is 0. The van der Waals surface area contributed by atoms with E-state index in [0.29, 0.717) is 12.1 Å². The molecule has 0 aliphatic carbocycles. The molecule has 0 unspecified atom stereocenters. The van der Waals surface area contributed by atoms with Crippen molar-refractivity contribution in [2.24, 2.45) is 5.73 Å². The van der Waals surface area contributed by atoms with Crippen molar-refractivity contribution < 1.29 is 19.1 Å². The summed E-state index contributed by atoms with van der Waals surface area (Å²) in [5.74, 6) is 0. The van der Waals surface area contributed by atoms with Gasteiger partial charge in [0, 0.05) is 54.7 Å². The first-order chi connectivity index (χ1) is 17.5. The van der Waals surface area contributed by atoms with Crippen LogP contribution in [0.25, 0.3) is 0 Å². The summed E-state index contributed by atoms with van der Waals surface area (Å²) in [5, 5.41) is 2.90. The first-order valence-corrected chi connectivity index (χ1v) is 12.9. The summed E-state index contributed by atoms with van der Waals surface area (Å²) in [6.45, 7) is 12.9. The zero-order chi connectivity index (χ0) is 27.2. The van der Waals surface area contributed by atoms with Crippen LogP contribution in [0.4, 0.5) is 16.2 Å². The van der Waals surface area contributed by atoms with Crippen molar-refractivity contribution in [3.8, 4) is 0 Å². The lowest BCUT2D eigenvalue weighted by atomic mass is 10.1. The molecule has 2 aliphatic rings. The number of nitrogens with zero attached hydrogens (tertiary/aromatic N) is 2. The van der Waals surface area contributed by atoms with Gasteiger partial charge < -0.3 is 25.6 Å². The monoisotopic (exact) mass is 508 g/mol. The summed E-state index contributed by atoms with van der Waals surface area (Å²) in [5.41, 5.74) is 11.1.